The number of pyridine rings is 1. The number of aliphatic hydroxyl groups is 1. The molecule has 0 aliphatic carbocycles. The average Bonchev–Trinajstić information content (AvgIpc) is 3.48. The quantitative estimate of drug-likeness (QED) is 0.202. The van der Waals surface area contributed by atoms with Crippen molar-refractivity contribution in [1.29, 1.82) is 0 Å². The molecule has 1 aliphatic heterocycles. The standard InChI is InChI=1S/C29H36N10O4/c1-29(2,41)19-8-9-31-24(16-19)33-25-17-22(26(36-35-25)28(40)30-3)32-21-7-5-6-20(27(21)42-4)23-18-39(37-34-23)11-10-38-12-14-43-15-13-38/h5-9,16-18,41H,10-15H2,1-4H3,(H,30,40)(H2,31,32,33,35)/i3D3. The van der Waals surface area contributed by atoms with Gasteiger partial charge in [0, 0.05) is 48.5 Å². The van der Waals surface area contributed by atoms with Crippen molar-refractivity contribution in [3.63, 3.8) is 0 Å². The van der Waals surface area contributed by atoms with Gasteiger partial charge in [-0.2, -0.15) is 0 Å². The van der Waals surface area contributed by atoms with E-state index in [2.05, 4.69) is 41.0 Å². The lowest BCUT2D eigenvalue weighted by Gasteiger charge is -2.26. The van der Waals surface area contributed by atoms with Crippen molar-refractivity contribution in [2.45, 2.75) is 26.0 Å². The van der Waals surface area contributed by atoms with Crippen LogP contribution in [0.4, 0.5) is 23.0 Å². The number of carbonyl (C=O) groups is 1. The van der Waals surface area contributed by atoms with Gasteiger partial charge in [-0.25, -0.2) is 4.98 Å². The van der Waals surface area contributed by atoms with Gasteiger partial charge >= 0.3 is 0 Å². The summed E-state index contributed by atoms with van der Waals surface area (Å²) >= 11 is 0. The fraction of sp³-hybridized carbons (Fsp3) is 0.379. The molecule has 1 aromatic carbocycles. The van der Waals surface area contributed by atoms with Crippen LogP contribution in [0, 0.1) is 0 Å². The maximum atomic E-state index is 13.0. The lowest BCUT2D eigenvalue weighted by atomic mass is 10.00. The Morgan fingerprint density at radius 3 is 2.70 bits per heavy atom. The molecule has 4 N–H and O–H groups in total. The number of aromatic nitrogens is 6. The third-order valence-electron chi connectivity index (χ3n) is 6.90. The first-order valence-corrected chi connectivity index (χ1v) is 13.7. The first-order valence-electron chi connectivity index (χ1n) is 15.2. The van der Waals surface area contributed by atoms with Crippen LogP contribution >= 0.6 is 0 Å². The second-order valence-electron chi connectivity index (χ2n) is 10.4. The summed E-state index contributed by atoms with van der Waals surface area (Å²) in [5, 5.41) is 35.3. The number of benzene rings is 1. The van der Waals surface area contributed by atoms with Crippen LogP contribution in [0.25, 0.3) is 11.3 Å². The molecular weight excluding hydrogens is 552 g/mol. The van der Waals surface area contributed by atoms with Crippen LogP contribution in [-0.2, 0) is 16.9 Å². The Bertz CT molecular complexity index is 1670. The van der Waals surface area contributed by atoms with Crippen molar-refractivity contribution in [3.05, 3.63) is 60.0 Å². The van der Waals surface area contributed by atoms with E-state index in [1.54, 1.807) is 42.8 Å². The van der Waals surface area contributed by atoms with Crippen LogP contribution in [0.3, 0.4) is 0 Å². The molecule has 226 valence electrons. The zero-order valence-electron chi connectivity index (χ0n) is 27.2. The Kier molecular flexibility index (Phi) is 7.93. The summed E-state index contributed by atoms with van der Waals surface area (Å²) in [7, 11) is 1.51. The Hall–Kier alpha value is -4.66. The number of methoxy groups -OCH3 is 1. The Balaban J connectivity index is 1.44. The second-order valence-corrected chi connectivity index (χ2v) is 10.4. The molecule has 14 nitrogen and oxygen atoms in total. The molecule has 1 fully saturated rings. The SMILES string of the molecule is [2H]C([2H])([2H])NC(=O)c1nnc(Nc2cc(C(C)(C)O)ccn2)cc1Nc1cccc(-c2cn(CCN3CCOCC3)nn2)c1OC. The molecule has 3 aromatic heterocycles. The number of hydrogen-bond acceptors (Lipinski definition) is 12. The molecule has 0 unspecified atom stereocenters. The highest BCUT2D eigenvalue weighted by Gasteiger charge is 2.20. The predicted molar refractivity (Wildman–Crippen MR) is 161 cm³/mol. The van der Waals surface area contributed by atoms with Crippen molar-refractivity contribution in [2.24, 2.45) is 0 Å². The first kappa shape index (κ1) is 26.0. The predicted octanol–water partition coefficient (Wildman–Crippen LogP) is 2.55. The highest BCUT2D eigenvalue weighted by molar-refractivity contribution is 5.99. The monoisotopic (exact) mass is 591 g/mol. The third kappa shape index (κ3) is 7.23. The van der Waals surface area contributed by atoms with E-state index in [1.165, 1.54) is 19.4 Å². The molecule has 4 heterocycles. The molecule has 14 heteroatoms. The number of rotatable bonds is 11. The van der Waals surface area contributed by atoms with Crippen molar-refractivity contribution in [3.8, 4) is 17.0 Å². The van der Waals surface area contributed by atoms with Gasteiger partial charge in [0.1, 0.15) is 11.5 Å². The number of ether oxygens (including phenoxy) is 2. The molecule has 4 aromatic rings. The van der Waals surface area contributed by atoms with Gasteiger partial charge in [-0.3, -0.25) is 14.4 Å². The molecule has 43 heavy (non-hydrogen) atoms. The smallest absolute Gasteiger partial charge is 0.273 e. The van der Waals surface area contributed by atoms with Crippen LogP contribution in [0.15, 0.2) is 48.8 Å². The minimum absolute atomic E-state index is 0.141. The van der Waals surface area contributed by atoms with Crippen molar-refractivity contribution in [1.82, 2.24) is 40.4 Å². The van der Waals surface area contributed by atoms with Crippen molar-refractivity contribution >= 4 is 28.9 Å². The number of hydrogen-bond donors (Lipinski definition) is 4. The molecule has 0 atom stereocenters. The Morgan fingerprint density at radius 1 is 1.09 bits per heavy atom. The minimum atomic E-state index is -2.75. The van der Waals surface area contributed by atoms with Gasteiger partial charge in [0.2, 0.25) is 0 Å². The zero-order chi connectivity index (χ0) is 32.9. The topological polar surface area (TPSA) is 164 Å². The van der Waals surface area contributed by atoms with Gasteiger partial charge in [0.25, 0.3) is 5.91 Å². The summed E-state index contributed by atoms with van der Waals surface area (Å²) in [6, 6.07) is 10.2. The highest BCUT2D eigenvalue weighted by Crippen LogP contribution is 2.37. The normalized spacial score (nSPS) is 15.2. The lowest BCUT2D eigenvalue weighted by Crippen LogP contribution is -2.38. The number of nitrogens with zero attached hydrogens (tertiary/aromatic N) is 7. The van der Waals surface area contributed by atoms with E-state index in [0.29, 0.717) is 40.6 Å². The molecule has 1 aliphatic rings. The van der Waals surface area contributed by atoms with Crippen LogP contribution in [0.1, 0.15) is 34.0 Å². The largest absolute Gasteiger partial charge is 0.494 e. The van der Waals surface area contributed by atoms with Gasteiger partial charge in [0.15, 0.2) is 17.3 Å². The number of para-hydroxylation sites is 1. The fourth-order valence-corrected chi connectivity index (χ4v) is 4.59. The number of nitrogens with one attached hydrogen (secondary N) is 3. The van der Waals surface area contributed by atoms with E-state index in [4.69, 9.17) is 13.6 Å². The fourth-order valence-electron chi connectivity index (χ4n) is 4.59. The van der Waals surface area contributed by atoms with Crippen molar-refractivity contribution in [2.75, 3.05) is 57.6 Å². The van der Waals surface area contributed by atoms with E-state index < -0.39 is 18.5 Å². The van der Waals surface area contributed by atoms with Gasteiger partial charge in [-0.05, 0) is 43.7 Å². The maximum Gasteiger partial charge on any atom is 0.273 e. The van der Waals surface area contributed by atoms with Gasteiger partial charge in [-0.15, -0.1) is 15.3 Å². The minimum Gasteiger partial charge on any atom is -0.494 e. The van der Waals surface area contributed by atoms with E-state index >= 15 is 0 Å². The molecule has 1 amide bonds. The van der Waals surface area contributed by atoms with E-state index in [-0.39, 0.29) is 17.2 Å². The summed E-state index contributed by atoms with van der Waals surface area (Å²) in [5.41, 5.74) is 1.06. The number of morpholine rings is 1. The molecule has 0 bridgehead atoms. The summed E-state index contributed by atoms with van der Waals surface area (Å²) in [6.07, 6.45) is 3.37. The zero-order valence-corrected chi connectivity index (χ0v) is 24.2. The molecule has 1 saturated heterocycles. The molecular formula is C29H36N10O4. The van der Waals surface area contributed by atoms with E-state index in [1.807, 2.05) is 17.6 Å². The van der Waals surface area contributed by atoms with Crippen LogP contribution in [0.2, 0.25) is 0 Å². The maximum absolute atomic E-state index is 13.0. The van der Waals surface area contributed by atoms with Crippen LogP contribution in [-0.4, -0.2) is 93.0 Å². The molecule has 5 rings (SSSR count). The second kappa shape index (κ2) is 13.1. The third-order valence-corrected chi connectivity index (χ3v) is 6.90. The number of anilines is 4. The lowest BCUT2D eigenvalue weighted by molar-refractivity contribution is 0.0359. The van der Waals surface area contributed by atoms with Gasteiger partial charge in [0.05, 0.1) is 50.0 Å². The number of carbonyl (C=O) groups excluding carboxylic acids is 1. The van der Waals surface area contributed by atoms with E-state index in [0.717, 1.165) is 32.8 Å². The Morgan fingerprint density at radius 2 is 1.93 bits per heavy atom. The average molecular weight is 592 g/mol. The molecule has 0 saturated carbocycles. The van der Waals surface area contributed by atoms with Gasteiger partial charge in [-0.1, -0.05) is 11.3 Å². The van der Waals surface area contributed by atoms with Gasteiger partial charge < -0.3 is 30.5 Å². The van der Waals surface area contributed by atoms with Crippen LogP contribution in [0.5, 0.6) is 5.75 Å². The molecule has 0 radical (unpaired) electrons. The highest BCUT2D eigenvalue weighted by atomic mass is 16.5. The summed E-state index contributed by atoms with van der Waals surface area (Å²) in [5.74, 6) is 0.0281. The first-order chi connectivity index (χ1) is 21.9. The number of amides is 1. The summed E-state index contributed by atoms with van der Waals surface area (Å²) in [6.45, 7) is 5.21. The van der Waals surface area contributed by atoms with Crippen molar-refractivity contribution < 1.29 is 23.5 Å². The summed E-state index contributed by atoms with van der Waals surface area (Å²) in [4.78, 5) is 19.6. The van der Waals surface area contributed by atoms with E-state index in [9.17, 15) is 9.90 Å². The molecule has 0 spiro atoms. The van der Waals surface area contributed by atoms with Crippen LogP contribution < -0.4 is 20.7 Å². The summed E-state index contributed by atoms with van der Waals surface area (Å²) < 4.78 is 35.4. The Labute approximate surface area is 253 Å².